The van der Waals surface area contributed by atoms with Crippen LogP contribution in [-0.4, -0.2) is 50.2 Å². The summed E-state index contributed by atoms with van der Waals surface area (Å²) in [6.07, 6.45) is 0. The van der Waals surface area contributed by atoms with E-state index in [1.54, 1.807) is 0 Å². The number of nitrogens with one attached hydrogen (secondary N) is 1. The van der Waals surface area contributed by atoms with E-state index in [4.69, 9.17) is 16.3 Å². The standard InChI is InChI=1S/C17H16ClN3O7S/c1-20(2)29(26,27)13-6-3-11(4-7-13)17(23)28-10-16(22)19-14-9-12(18)5-8-15(14)21(24)25/h3-9H,10H2,1-2H3,(H,19,22). The number of rotatable bonds is 7. The number of hydrogen-bond acceptors (Lipinski definition) is 7. The Balaban J connectivity index is 2.02. The van der Waals surface area contributed by atoms with Crippen LogP contribution in [0.15, 0.2) is 47.4 Å². The predicted octanol–water partition coefficient (Wildman–Crippen LogP) is 2.29. The highest BCUT2D eigenvalue weighted by Crippen LogP contribution is 2.27. The summed E-state index contributed by atoms with van der Waals surface area (Å²) in [6, 6.07) is 8.60. The molecule has 0 saturated carbocycles. The Morgan fingerprint density at radius 1 is 1.17 bits per heavy atom. The third-order valence-corrected chi connectivity index (χ3v) is 5.70. The highest BCUT2D eigenvalue weighted by molar-refractivity contribution is 7.89. The fourth-order valence-corrected chi connectivity index (χ4v) is 3.22. The van der Waals surface area contributed by atoms with Crippen LogP contribution in [0.5, 0.6) is 0 Å². The zero-order valence-corrected chi connectivity index (χ0v) is 16.9. The van der Waals surface area contributed by atoms with E-state index in [9.17, 15) is 28.1 Å². The molecule has 0 aliphatic heterocycles. The summed E-state index contributed by atoms with van der Waals surface area (Å²) in [6.45, 7) is -0.708. The van der Waals surface area contributed by atoms with Crippen LogP contribution in [-0.2, 0) is 19.6 Å². The number of carbonyl (C=O) groups is 2. The van der Waals surface area contributed by atoms with E-state index in [0.717, 1.165) is 10.4 Å². The number of ether oxygens (including phenoxy) is 1. The van der Waals surface area contributed by atoms with Crippen molar-refractivity contribution >= 4 is 44.9 Å². The Hall–Kier alpha value is -3.02. The quantitative estimate of drug-likeness (QED) is 0.395. The van der Waals surface area contributed by atoms with Crippen LogP contribution in [0, 0.1) is 10.1 Å². The maximum Gasteiger partial charge on any atom is 0.338 e. The van der Waals surface area contributed by atoms with Gasteiger partial charge in [-0.25, -0.2) is 17.5 Å². The molecule has 1 amide bonds. The second kappa shape index (κ2) is 8.99. The second-order valence-electron chi connectivity index (χ2n) is 5.85. The molecule has 0 aliphatic rings. The van der Waals surface area contributed by atoms with Crippen molar-refractivity contribution < 1.29 is 27.7 Å². The van der Waals surface area contributed by atoms with Gasteiger partial charge in [-0.15, -0.1) is 0 Å². The molecule has 0 aromatic heterocycles. The molecule has 0 radical (unpaired) electrons. The van der Waals surface area contributed by atoms with Gasteiger partial charge in [0, 0.05) is 25.2 Å². The Bertz CT molecular complexity index is 1050. The van der Waals surface area contributed by atoms with Gasteiger partial charge in [-0.1, -0.05) is 11.6 Å². The fourth-order valence-electron chi connectivity index (χ4n) is 2.14. The third kappa shape index (κ3) is 5.50. The molecule has 12 heteroatoms. The Kier molecular flexibility index (Phi) is 6.90. The summed E-state index contributed by atoms with van der Waals surface area (Å²) >= 11 is 5.77. The number of esters is 1. The molecular weight excluding hydrogens is 426 g/mol. The number of halogens is 1. The summed E-state index contributed by atoms with van der Waals surface area (Å²) in [5.41, 5.74) is -0.474. The van der Waals surface area contributed by atoms with Crippen molar-refractivity contribution in [3.63, 3.8) is 0 Å². The van der Waals surface area contributed by atoms with Gasteiger partial charge >= 0.3 is 5.97 Å². The average molecular weight is 442 g/mol. The number of anilines is 1. The van der Waals surface area contributed by atoms with Crippen molar-refractivity contribution in [2.24, 2.45) is 0 Å². The molecule has 154 valence electrons. The summed E-state index contributed by atoms with van der Waals surface area (Å²) in [5.74, 6) is -1.68. The van der Waals surface area contributed by atoms with Gasteiger partial charge in [-0.2, -0.15) is 0 Å². The van der Waals surface area contributed by atoms with Crippen molar-refractivity contribution in [2.75, 3.05) is 26.0 Å². The van der Waals surface area contributed by atoms with E-state index in [1.165, 1.54) is 50.5 Å². The van der Waals surface area contributed by atoms with Crippen LogP contribution in [0.4, 0.5) is 11.4 Å². The molecule has 2 aromatic carbocycles. The average Bonchev–Trinajstić information content (AvgIpc) is 2.65. The first-order chi connectivity index (χ1) is 13.5. The molecule has 0 aliphatic carbocycles. The summed E-state index contributed by atoms with van der Waals surface area (Å²) in [7, 11) is -0.892. The van der Waals surface area contributed by atoms with Gasteiger partial charge in [0.15, 0.2) is 6.61 Å². The molecule has 0 heterocycles. The van der Waals surface area contributed by atoms with Gasteiger partial charge in [0.1, 0.15) is 5.69 Å². The minimum Gasteiger partial charge on any atom is -0.452 e. The SMILES string of the molecule is CN(C)S(=O)(=O)c1ccc(C(=O)OCC(=O)Nc2cc(Cl)ccc2[N+](=O)[O-])cc1. The highest BCUT2D eigenvalue weighted by Gasteiger charge is 2.19. The number of sulfonamides is 1. The number of nitro benzene ring substituents is 1. The van der Waals surface area contributed by atoms with Gasteiger partial charge in [0.25, 0.3) is 11.6 Å². The second-order valence-corrected chi connectivity index (χ2v) is 8.44. The minimum atomic E-state index is -3.64. The van der Waals surface area contributed by atoms with Crippen molar-refractivity contribution in [1.82, 2.24) is 4.31 Å². The van der Waals surface area contributed by atoms with Gasteiger partial charge in [0.2, 0.25) is 10.0 Å². The lowest BCUT2D eigenvalue weighted by Crippen LogP contribution is -2.22. The topological polar surface area (TPSA) is 136 Å². The van der Waals surface area contributed by atoms with Gasteiger partial charge in [-0.05, 0) is 36.4 Å². The maximum atomic E-state index is 12.0. The van der Waals surface area contributed by atoms with Crippen LogP contribution < -0.4 is 5.32 Å². The smallest absolute Gasteiger partial charge is 0.338 e. The number of carbonyl (C=O) groups excluding carboxylic acids is 2. The number of nitrogens with zero attached hydrogens (tertiary/aromatic N) is 2. The lowest BCUT2D eigenvalue weighted by molar-refractivity contribution is -0.383. The first-order valence-electron chi connectivity index (χ1n) is 7.96. The van der Waals surface area contributed by atoms with Crippen molar-refractivity contribution in [1.29, 1.82) is 0 Å². The summed E-state index contributed by atoms with van der Waals surface area (Å²) in [5, 5.41) is 13.4. The minimum absolute atomic E-state index is 0.00920. The molecule has 2 rings (SSSR count). The van der Waals surface area contributed by atoms with E-state index >= 15 is 0 Å². The monoisotopic (exact) mass is 441 g/mol. The van der Waals surface area contributed by atoms with Crippen molar-refractivity contribution in [3.05, 3.63) is 63.2 Å². The van der Waals surface area contributed by atoms with E-state index in [2.05, 4.69) is 5.32 Å². The number of hydrogen-bond donors (Lipinski definition) is 1. The Morgan fingerprint density at radius 2 is 1.79 bits per heavy atom. The van der Waals surface area contributed by atoms with Crippen LogP contribution in [0.3, 0.4) is 0 Å². The van der Waals surface area contributed by atoms with E-state index < -0.39 is 33.4 Å². The molecule has 0 atom stereocenters. The van der Waals surface area contributed by atoms with Crippen LogP contribution in [0.2, 0.25) is 5.02 Å². The first kappa shape index (κ1) is 22.3. The third-order valence-electron chi connectivity index (χ3n) is 3.63. The van der Waals surface area contributed by atoms with Crippen LogP contribution in [0.1, 0.15) is 10.4 Å². The molecule has 0 fully saturated rings. The van der Waals surface area contributed by atoms with Crippen LogP contribution >= 0.6 is 11.6 Å². The van der Waals surface area contributed by atoms with E-state index in [-0.39, 0.29) is 26.9 Å². The molecule has 10 nitrogen and oxygen atoms in total. The van der Waals surface area contributed by atoms with Crippen molar-refractivity contribution in [3.8, 4) is 0 Å². The molecule has 29 heavy (non-hydrogen) atoms. The lowest BCUT2D eigenvalue weighted by atomic mass is 10.2. The zero-order valence-electron chi connectivity index (χ0n) is 15.3. The lowest BCUT2D eigenvalue weighted by Gasteiger charge is -2.11. The molecule has 1 N–H and O–H groups in total. The van der Waals surface area contributed by atoms with Gasteiger partial charge in [0.05, 0.1) is 15.4 Å². The molecule has 0 spiro atoms. The molecule has 2 aromatic rings. The van der Waals surface area contributed by atoms with Gasteiger partial charge in [-0.3, -0.25) is 14.9 Å². The first-order valence-corrected chi connectivity index (χ1v) is 9.77. The molecule has 0 saturated heterocycles. The maximum absolute atomic E-state index is 12.0. The van der Waals surface area contributed by atoms with Gasteiger partial charge < -0.3 is 10.1 Å². The molecular formula is C17H16ClN3O7S. The Morgan fingerprint density at radius 3 is 2.34 bits per heavy atom. The molecule has 0 unspecified atom stereocenters. The van der Waals surface area contributed by atoms with Crippen molar-refractivity contribution in [2.45, 2.75) is 4.90 Å². The normalized spacial score (nSPS) is 11.2. The predicted molar refractivity (Wildman–Crippen MR) is 104 cm³/mol. The summed E-state index contributed by atoms with van der Waals surface area (Å²) < 4.78 is 29.9. The number of benzene rings is 2. The molecule has 0 bridgehead atoms. The Labute approximate surface area is 171 Å². The number of nitro groups is 1. The fraction of sp³-hybridized carbons (Fsp3) is 0.176. The van der Waals surface area contributed by atoms with Crippen LogP contribution in [0.25, 0.3) is 0 Å². The highest BCUT2D eigenvalue weighted by atomic mass is 35.5. The number of amides is 1. The van der Waals surface area contributed by atoms with E-state index in [0.29, 0.717) is 0 Å². The van der Waals surface area contributed by atoms with E-state index in [1.807, 2.05) is 0 Å². The zero-order chi connectivity index (χ0) is 21.8. The largest absolute Gasteiger partial charge is 0.452 e. The summed E-state index contributed by atoms with van der Waals surface area (Å²) in [4.78, 5) is 34.3.